The third-order valence-corrected chi connectivity index (χ3v) is 2.75. The lowest BCUT2D eigenvalue weighted by Crippen LogP contribution is -2.14. The van der Waals surface area contributed by atoms with Crippen molar-refractivity contribution in [3.63, 3.8) is 0 Å². The molecule has 0 aliphatic carbocycles. The number of nitrogen functional groups attached to an aromatic ring is 1. The molecule has 0 aliphatic rings. The quantitative estimate of drug-likeness (QED) is 0.716. The molecular weight excluding hydrogens is 274 g/mol. The van der Waals surface area contributed by atoms with Crippen LogP contribution in [0.1, 0.15) is 16.1 Å². The van der Waals surface area contributed by atoms with Crippen molar-refractivity contribution in [2.75, 3.05) is 11.1 Å². The maximum Gasteiger partial charge on any atom is 0.281 e. The minimum absolute atomic E-state index is 0.0401. The van der Waals surface area contributed by atoms with Gasteiger partial charge in [-0.3, -0.25) is 4.79 Å². The van der Waals surface area contributed by atoms with Crippen LogP contribution in [0.2, 0.25) is 0 Å². The van der Waals surface area contributed by atoms with E-state index in [1.165, 1.54) is 6.33 Å². The maximum atomic E-state index is 11.9. The minimum atomic E-state index is -0.474. The zero-order chi connectivity index (χ0) is 14.7. The van der Waals surface area contributed by atoms with E-state index in [2.05, 4.69) is 30.3 Å². The van der Waals surface area contributed by atoms with E-state index in [-0.39, 0.29) is 11.5 Å². The third kappa shape index (κ3) is 2.86. The fourth-order valence-corrected chi connectivity index (χ4v) is 1.74. The molecule has 3 aromatic rings. The van der Waals surface area contributed by atoms with E-state index in [0.29, 0.717) is 12.2 Å². The van der Waals surface area contributed by atoms with Gasteiger partial charge in [-0.25, -0.2) is 14.3 Å². The molecule has 0 fully saturated rings. The molecule has 0 saturated carbocycles. The number of rotatable bonds is 4. The van der Waals surface area contributed by atoms with Crippen molar-refractivity contribution < 1.29 is 9.42 Å². The van der Waals surface area contributed by atoms with Crippen molar-refractivity contribution >= 4 is 17.4 Å². The molecule has 0 saturated heterocycles. The van der Waals surface area contributed by atoms with Gasteiger partial charge in [-0.1, -0.05) is 12.1 Å². The van der Waals surface area contributed by atoms with Crippen LogP contribution in [0.3, 0.4) is 0 Å². The molecule has 1 aromatic carbocycles. The van der Waals surface area contributed by atoms with E-state index < -0.39 is 5.91 Å². The van der Waals surface area contributed by atoms with Crippen molar-refractivity contribution in [3.05, 3.63) is 48.2 Å². The highest BCUT2D eigenvalue weighted by Gasteiger charge is 2.15. The Morgan fingerprint density at radius 2 is 2.10 bits per heavy atom. The maximum absolute atomic E-state index is 11.9. The number of benzene rings is 1. The predicted octanol–water partition coefficient (Wildman–Crippen LogP) is 0.544. The topological polar surface area (TPSA) is 125 Å². The fraction of sp³-hybridized carbons (Fsp3) is 0.0833. The fourth-order valence-electron chi connectivity index (χ4n) is 1.74. The molecule has 1 amide bonds. The van der Waals surface area contributed by atoms with Gasteiger partial charge in [0, 0.05) is 5.69 Å². The molecular formula is C12H11N7O2. The monoisotopic (exact) mass is 285 g/mol. The number of anilines is 2. The van der Waals surface area contributed by atoms with E-state index in [4.69, 9.17) is 5.73 Å². The number of aromatic nitrogens is 5. The Hall–Kier alpha value is -3.23. The number of carbonyl (C=O) groups is 1. The van der Waals surface area contributed by atoms with Crippen LogP contribution >= 0.6 is 0 Å². The lowest BCUT2D eigenvalue weighted by Gasteiger charge is -2.05. The van der Waals surface area contributed by atoms with E-state index in [1.54, 1.807) is 23.1 Å². The van der Waals surface area contributed by atoms with Crippen molar-refractivity contribution in [2.24, 2.45) is 0 Å². The molecule has 9 heteroatoms. The summed E-state index contributed by atoms with van der Waals surface area (Å²) in [6, 6.07) is 7.30. The summed E-state index contributed by atoms with van der Waals surface area (Å²) in [7, 11) is 0. The Morgan fingerprint density at radius 3 is 2.71 bits per heavy atom. The molecule has 0 aliphatic heterocycles. The summed E-state index contributed by atoms with van der Waals surface area (Å²) >= 11 is 0. The first-order valence-electron chi connectivity index (χ1n) is 6.03. The average Bonchev–Trinajstić information content (AvgIpc) is 3.12. The SMILES string of the molecule is Nc1nonc1C(=O)Nc1ccc(Cn2cncn2)cc1. The summed E-state index contributed by atoms with van der Waals surface area (Å²) in [5, 5.41) is 13.5. The van der Waals surface area contributed by atoms with E-state index in [9.17, 15) is 4.79 Å². The molecule has 3 rings (SSSR count). The standard InChI is InChI=1S/C12H11N7O2/c13-11-10(17-21-18-11)12(20)16-9-3-1-8(2-4-9)5-19-7-14-6-15-19/h1-4,6-7H,5H2,(H2,13,18)(H,16,20). The lowest BCUT2D eigenvalue weighted by atomic mass is 10.2. The number of nitrogens with one attached hydrogen (secondary N) is 1. The summed E-state index contributed by atoms with van der Waals surface area (Å²) in [4.78, 5) is 15.7. The molecule has 0 bridgehead atoms. The van der Waals surface area contributed by atoms with Crippen molar-refractivity contribution in [3.8, 4) is 0 Å². The Labute approximate surface area is 118 Å². The lowest BCUT2D eigenvalue weighted by molar-refractivity contribution is 0.101. The average molecular weight is 285 g/mol. The van der Waals surface area contributed by atoms with Gasteiger partial charge in [-0.15, -0.1) is 0 Å². The van der Waals surface area contributed by atoms with Crippen molar-refractivity contribution in [2.45, 2.75) is 6.54 Å². The van der Waals surface area contributed by atoms with Crippen molar-refractivity contribution in [1.82, 2.24) is 25.1 Å². The van der Waals surface area contributed by atoms with Gasteiger partial charge in [0.2, 0.25) is 11.5 Å². The van der Waals surface area contributed by atoms with Gasteiger partial charge in [0.05, 0.1) is 6.54 Å². The Morgan fingerprint density at radius 1 is 1.29 bits per heavy atom. The van der Waals surface area contributed by atoms with E-state index >= 15 is 0 Å². The molecule has 0 spiro atoms. The van der Waals surface area contributed by atoms with Gasteiger partial charge in [-0.05, 0) is 28.0 Å². The second-order valence-electron chi connectivity index (χ2n) is 4.24. The number of nitrogens with zero attached hydrogens (tertiary/aromatic N) is 5. The van der Waals surface area contributed by atoms with Crippen LogP contribution in [0, 0.1) is 0 Å². The largest absolute Gasteiger partial charge is 0.379 e. The van der Waals surface area contributed by atoms with Crippen molar-refractivity contribution in [1.29, 1.82) is 0 Å². The van der Waals surface area contributed by atoms with E-state index in [0.717, 1.165) is 5.56 Å². The minimum Gasteiger partial charge on any atom is -0.379 e. The normalized spacial score (nSPS) is 10.5. The molecule has 0 unspecified atom stereocenters. The number of amides is 1. The van der Waals surface area contributed by atoms with Crippen LogP contribution in [0.4, 0.5) is 11.5 Å². The van der Waals surface area contributed by atoms with Gasteiger partial charge in [0.15, 0.2) is 0 Å². The summed E-state index contributed by atoms with van der Waals surface area (Å²) in [6.07, 6.45) is 3.11. The molecule has 9 nitrogen and oxygen atoms in total. The highest BCUT2D eigenvalue weighted by molar-refractivity contribution is 6.05. The molecule has 3 N–H and O–H groups in total. The van der Waals surface area contributed by atoms with Crippen LogP contribution in [0.15, 0.2) is 41.5 Å². The van der Waals surface area contributed by atoms with Crippen LogP contribution < -0.4 is 11.1 Å². The van der Waals surface area contributed by atoms with Gasteiger partial charge in [0.25, 0.3) is 5.91 Å². The molecule has 0 radical (unpaired) electrons. The first-order chi connectivity index (χ1) is 10.2. The Bertz CT molecular complexity index is 733. The first kappa shape index (κ1) is 12.8. The number of nitrogens with two attached hydrogens (primary N) is 1. The number of hydrogen-bond acceptors (Lipinski definition) is 7. The van der Waals surface area contributed by atoms with Crippen LogP contribution in [0.25, 0.3) is 0 Å². The highest BCUT2D eigenvalue weighted by Crippen LogP contribution is 2.13. The van der Waals surface area contributed by atoms with Crippen LogP contribution in [0.5, 0.6) is 0 Å². The predicted molar refractivity (Wildman–Crippen MR) is 72.2 cm³/mol. The molecule has 2 heterocycles. The number of hydrogen-bond donors (Lipinski definition) is 2. The summed E-state index contributed by atoms with van der Waals surface area (Å²) in [6.45, 7) is 0.606. The first-order valence-corrected chi connectivity index (χ1v) is 6.03. The third-order valence-electron chi connectivity index (χ3n) is 2.75. The Kier molecular flexibility index (Phi) is 3.29. The van der Waals surface area contributed by atoms with E-state index in [1.807, 2.05) is 12.1 Å². The highest BCUT2D eigenvalue weighted by atomic mass is 16.6. The second-order valence-corrected chi connectivity index (χ2v) is 4.24. The molecule has 0 atom stereocenters. The number of carbonyl (C=O) groups excluding carboxylic acids is 1. The second kappa shape index (κ2) is 5.41. The van der Waals surface area contributed by atoms with Gasteiger partial charge in [0.1, 0.15) is 12.7 Å². The van der Waals surface area contributed by atoms with Crippen LogP contribution in [-0.2, 0) is 6.54 Å². The summed E-state index contributed by atoms with van der Waals surface area (Å²) < 4.78 is 6.08. The summed E-state index contributed by atoms with van der Waals surface area (Å²) in [5.41, 5.74) is 7.06. The summed E-state index contributed by atoms with van der Waals surface area (Å²) in [5.74, 6) is -0.520. The molecule has 21 heavy (non-hydrogen) atoms. The van der Waals surface area contributed by atoms with Gasteiger partial charge >= 0.3 is 0 Å². The zero-order valence-electron chi connectivity index (χ0n) is 10.8. The van der Waals surface area contributed by atoms with Gasteiger partial charge in [-0.2, -0.15) is 5.10 Å². The molecule has 2 aromatic heterocycles. The zero-order valence-corrected chi connectivity index (χ0v) is 10.8. The smallest absolute Gasteiger partial charge is 0.281 e. The molecule has 106 valence electrons. The van der Waals surface area contributed by atoms with Gasteiger partial charge < -0.3 is 11.1 Å². The Balaban J connectivity index is 1.67. The van der Waals surface area contributed by atoms with Crippen LogP contribution in [-0.4, -0.2) is 31.0 Å².